The number of piperidine rings is 1. The molecule has 0 atom stereocenters. The topological polar surface area (TPSA) is 71.6 Å². The minimum Gasteiger partial charge on any atom is -0.399 e. The van der Waals surface area contributed by atoms with Crippen LogP contribution in [0.5, 0.6) is 0 Å². The van der Waals surface area contributed by atoms with E-state index in [9.17, 15) is 9.59 Å². The molecule has 0 unspecified atom stereocenters. The van der Waals surface area contributed by atoms with Crippen molar-refractivity contribution >= 4 is 30.1 Å². The van der Waals surface area contributed by atoms with Gasteiger partial charge in [-0.05, 0) is 88.9 Å². The Morgan fingerprint density at radius 1 is 0.929 bits per heavy atom. The summed E-state index contributed by atoms with van der Waals surface area (Å²) in [6, 6.07) is 7.19. The number of hydrogen-bond acceptors (Lipinski definition) is 6. The van der Waals surface area contributed by atoms with Crippen LogP contribution in [0.4, 0.5) is 5.69 Å². The zero-order chi connectivity index (χ0) is 29.7. The quantitative estimate of drug-likeness (QED) is 0.500. The van der Waals surface area contributed by atoms with Crippen molar-refractivity contribution in [3.8, 4) is 0 Å². The van der Waals surface area contributed by atoms with Gasteiger partial charge in [-0.15, -0.1) is 0 Å². The summed E-state index contributed by atoms with van der Waals surface area (Å²) >= 11 is 0. The van der Waals surface area contributed by atoms with Crippen molar-refractivity contribution < 1.29 is 23.6 Å². The van der Waals surface area contributed by atoms with Crippen molar-refractivity contribution in [1.82, 2.24) is 9.80 Å². The van der Waals surface area contributed by atoms with Crippen LogP contribution in [0, 0.1) is 11.3 Å². The molecule has 6 aliphatic rings. The summed E-state index contributed by atoms with van der Waals surface area (Å²) in [6.07, 6.45) is 5.18. The first-order valence-corrected chi connectivity index (χ1v) is 16.2. The average molecular weight is 578 g/mol. The number of amides is 2. The SMILES string of the molecule is CC1(C)CCN([C@H]2C[C@@H](N3C(=O)C4(CCN(C(=O)CC5COC5)CC4)c4ccc(B5OC(C)(C)C(C)(C)O5)cc43)C2)C1. The molecule has 1 aromatic rings. The van der Waals surface area contributed by atoms with Gasteiger partial charge in [-0.2, -0.15) is 0 Å². The van der Waals surface area contributed by atoms with Crippen LogP contribution in [0.3, 0.4) is 0 Å². The number of ether oxygens (including phenoxy) is 1. The zero-order valence-corrected chi connectivity index (χ0v) is 26.4. The van der Waals surface area contributed by atoms with Crippen molar-refractivity contribution in [3.05, 3.63) is 23.8 Å². The van der Waals surface area contributed by atoms with Gasteiger partial charge < -0.3 is 23.8 Å². The number of rotatable bonds is 5. The van der Waals surface area contributed by atoms with E-state index in [-0.39, 0.29) is 17.9 Å². The molecule has 4 saturated heterocycles. The van der Waals surface area contributed by atoms with Gasteiger partial charge in [0.05, 0.1) is 29.8 Å². The van der Waals surface area contributed by atoms with Gasteiger partial charge in [0.15, 0.2) is 0 Å². The van der Waals surface area contributed by atoms with E-state index >= 15 is 0 Å². The number of nitrogens with zero attached hydrogens (tertiary/aromatic N) is 3. The van der Waals surface area contributed by atoms with Gasteiger partial charge in [-0.25, -0.2) is 0 Å². The monoisotopic (exact) mass is 577 g/mol. The molecule has 8 nitrogen and oxygen atoms in total. The molecule has 1 aliphatic carbocycles. The number of likely N-dealkylation sites (tertiary alicyclic amines) is 2. The fourth-order valence-corrected chi connectivity index (χ4v) is 8.03. The van der Waals surface area contributed by atoms with Crippen molar-refractivity contribution in [3.63, 3.8) is 0 Å². The fourth-order valence-electron chi connectivity index (χ4n) is 8.03. The fraction of sp³-hybridized carbons (Fsp3) is 0.758. The summed E-state index contributed by atoms with van der Waals surface area (Å²) in [5.41, 5.74) is 2.07. The Morgan fingerprint density at radius 2 is 1.60 bits per heavy atom. The first kappa shape index (κ1) is 28.8. The molecule has 9 heteroatoms. The largest absolute Gasteiger partial charge is 0.494 e. The lowest BCUT2D eigenvalue weighted by molar-refractivity contribution is -0.140. The first-order valence-electron chi connectivity index (χ1n) is 16.2. The van der Waals surface area contributed by atoms with Crippen LogP contribution in [0.25, 0.3) is 0 Å². The summed E-state index contributed by atoms with van der Waals surface area (Å²) in [5.74, 6) is 0.777. The summed E-state index contributed by atoms with van der Waals surface area (Å²) < 4.78 is 18.1. The Hall–Kier alpha value is -1.94. The van der Waals surface area contributed by atoms with E-state index in [1.807, 2.05) is 4.90 Å². The molecule has 0 radical (unpaired) electrons. The molecule has 1 aromatic carbocycles. The average Bonchev–Trinajstić information content (AvgIpc) is 3.43. The Bertz CT molecular complexity index is 1250. The minimum atomic E-state index is -0.569. The normalized spacial score (nSPS) is 31.4. The molecule has 1 saturated carbocycles. The van der Waals surface area contributed by atoms with Crippen molar-refractivity contribution in [2.24, 2.45) is 11.3 Å². The first-order chi connectivity index (χ1) is 19.8. The number of fused-ring (bicyclic) bond motifs is 2. The van der Waals surface area contributed by atoms with Crippen LogP contribution in [0.1, 0.15) is 85.6 Å². The van der Waals surface area contributed by atoms with Gasteiger partial charge >= 0.3 is 7.12 Å². The summed E-state index contributed by atoms with van der Waals surface area (Å²) in [6.45, 7) is 17.9. The van der Waals surface area contributed by atoms with Crippen LogP contribution in [-0.2, 0) is 29.0 Å². The third kappa shape index (κ3) is 4.56. The molecule has 0 bridgehead atoms. The highest BCUT2D eigenvalue weighted by Crippen LogP contribution is 2.51. The van der Waals surface area contributed by atoms with Gasteiger partial charge in [0.25, 0.3) is 0 Å². The van der Waals surface area contributed by atoms with Crippen LogP contribution < -0.4 is 10.4 Å². The maximum Gasteiger partial charge on any atom is 0.494 e. The Kier molecular flexibility index (Phi) is 6.71. The van der Waals surface area contributed by atoms with Crippen molar-refractivity contribution in [2.75, 3.05) is 44.3 Å². The van der Waals surface area contributed by atoms with E-state index in [0.29, 0.717) is 62.9 Å². The molecule has 228 valence electrons. The van der Waals surface area contributed by atoms with Crippen LogP contribution in [-0.4, -0.2) is 91.4 Å². The van der Waals surface area contributed by atoms with Gasteiger partial charge in [0, 0.05) is 49.7 Å². The molecule has 0 aromatic heterocycles. The predicted octanol–water partition coefficient (Wildman–Crippen LogP) is 3.49. The standard InChI is InChI=1S/C33H48BN3O5/c1-30(2)9-12-36(21-30)24-17-25(18-24)37-27-16-23(34-41-31(3,4)32(5,6)42-34)7-8-26(27)33(29(37)39)10-13-35(14-11-33)28(38)15-22-19-40-20-22/h7-8,16,22,24-25H,9-15,17-21H2,1-6H3/t24-,25+. The van der Waals surface area contributed by atoms with Gasteiger partial charge in [-0.1, -0.05) is 26.0 Å². The number of hydrogen-bond donors (Lipinski definition) is 0. The third-order valence-corrected chi connectivity index (χ3v) is 11.8. The second-order valence-electron chi connectivity index (χ2n) is 15.8. The lowest BCUT2D eigenvalue weighted by Gasteiger charge is -2.46. The van der Waals surface area contributed by atoms with Gasteiger partial charge in [0.2, 0.25) is 11.8 Å². The molecule has 5 aliphatic heterocycles. The highest BCUT2D eigenvalue weighted by molar-refractivity contribution is 6.62. The lowest BCUT2D eigenvalue weighted by atomic mass is 9.71. The van der Waals surface area contributed by atoms with Crippen LogP contribution in [0.15, 0.2) is 18.2 Å². The van der Waals surface area contributed by atoms with E-state index < -0.39 is 23.7 Å². The van der Waals surface area contributed by atoms with Crippen molar-refractivity contribution in [2.45, 2.75) is 109 Å². The highest BCUT2D eigenvalue weighted by Gasteiger charge is 2.57. The lowest BCUT2D eigenvalue weighted by Crippen LogP contribution is -2.58. The number of anilines is 1. The number of carbonyl (C=O) groups excluding carboxylic acids is 2. The molecular weight excluding hydrogens is 529 g/mol. The third-order valence-electron chi connectivity index (χ3n) is 11.8. The summed E-state index contributed by atoms with van der Waals surface area (Å²) in [4.78, 5) is 34.4. The maximum absolute atomic E-state index is 14.6. The molecule has 2 amide bonds. The number of carbonyl (C=O) groups is 2. The molecule has 1 spiro atoms. The van der Waals surface area contributed by atoms with E-state index in [2.05, 4.69) is 69.5 Å². The maximum atomic E-state index is 14.6. The second kappa shape index (κ2) is 9.78. The molecule has 7 rings (SSSR count). The summed E-state index contributed by atoms with van der Waals surface area (Å²) in [5, 5.41) is 0. The summed E-state index contributed by atoms with van der Waals surface area (Å²) in [7, 11) is -0.468. The van der Waals surface area contributed by atoms with Crippen molar-refractivity contribution in [1.29, 1.82) is 0 Å². The van der Waals surface area contributed by atoms with E-state index in [0.717, 1.165) is 42.6 Å². The van der Waals surface area contributed by atoms with Crippen LogP contribution in [0.2, 0.25) is 0 Å². The highest BCUT2D eigenvalue weighted by atomic mass is 16.7. The molecule has 5 heterocycles. The predicted molar refractivity (Wildman–Crippen MR) is 163 cm³/mol. The molecular formula is C33H48BN3O5. The van der Waals surface area contributed by atoms with Gasteiger partial charge in [0.1, 0.15) is 0 Å². The second-order valence-corrected chi connectivity index (χ2v) is 15.8. The molecule has 5 fully saturated rings. The van der Waals surface area contributed by atoms with E-state index in [1.165, 1.54) is 6.42 Å². The number of benzene rings is 1. The zero-order valence-electron chi connectivity index (χ0n) is 26.4. The van der Waals surface area contributed by atoms with Crippen LogP contribution >= 0.6 is 0 Å². The Balaban J connectivity index is 1.15. The minimum absolute atomic E-state index is 0.201. The van der Waals surface area contributed by atoms with E-state index in [4.69, 9.17) is 14.0 Å². The Labute approximate surface area is 251 Å². The van der Waals surface area contributed by atoms with Gasteiger partial charge in [-0.3, -0.25) is 14.5 Å². The smallest absolute Gasteiger partial charge is 0.399 e. The molecule has 0 N–H and O–H groups in total. The Morgan fingerprint density at radius 3 is 2.17 bits per heavy atom. The molecule has 42 heavy (non-hydrogen) atoms. The van der Waals surface area contributed by atoms with E-state index in [1.54, 1.807) is 0 Å².